The van der Waals surface area contributed by atoms with Gasteiger partial charge in [-0.25, -0.2) is 9.07 Å². The molecule has 2 atom stereocenters. The minimum atomic E-state index is -0.582. The third-order valence-corrected chi connectivity index (χ3v) is 6.20. The van der Waals surface area contributed by atoms with Crippen molar-refractivity contribution in [2.75, 3.05) is 5.32 Å². The maximum Gasteiger partial charge on any atom is 0.226 e. The van der Waals surface area contributed by atoms with Crippen molar-refractivity contribution in [1.82, 2.24) is 14.8 Å². The zero-order valence-electron chi connectivity index (χ0n) is 16.5. The summed E-state index contributed by atoms with van der Waals surface area (Å²) in [5.41, 5.74) is 3.66. The average molecular weight is 465 g/mol. The Bertz CT molecular complexity index is 1400. The fourth-order valence-corrected chi connectivity index (χ4v) is 4.75. The second kappa shape index (κ2) is 7.36. The van der Waals surface area contributed by atoms with E-state index < -0.39 is 12.1 Å². The molecule has 8 heteroatoms. The fraction of sp³-hybridized carbons (Fsp3) is 0.0833. The van der Waals surface area contributed by atoms with Gasteiger partial charge in [0.05, 0.1) is 5.70 Å². The van der Waals surface area contributed by atoms with E-state index in [-0.39, 0.29) is 5.82 Å². The van der Waals surface area contributed by atoms with E-state index in [1.54, 1.807) is 35.0 Å². The van der Waals surface area contributed by atoms with E-state index in [2.05, 4.69) is 15.4 Å². The predicted octanol–water partition coefficient (Wildman–Crippen LogP) is 6.28. The lowest BCUT2D eigenvalue weighted by Gasteiger charge is -2.39. The first-order valence-corrected chi connectivity index (χ1v) is 10.7. The van der Waals surface area contributed by atoms with Crippen molar-refractivity contribution >= 4 is 34.8 Å². The van der Waals surface area contributed by atoms with Gasteiger partial charge < -0.3 is 10.1 Å². The summed E-state index contributed by atoms with van der Waals surface area (Å²) in [5, 5.41) is 8.92. The number of anilines is 1. The number of rotatable bonds is 2. The quantitative estimate of drug-likeness (QED) is 0.379. The summed E-state index contributed by atoms with van der Waals surface area (Å²) in [5.74, 6) is 0.829. The molecule has 0 saturated carbocycles. The van der Waals surface area contributed by atoms with Crippen molar-refractivity contribution in [2.45, 2.75) is 12.1 Å². The molecule has 5 nitrogen and oxygen atoms in total. The molecule has 1 aromatic heterocycles. The number of benzene rings is 3. The first-order valence-electron chi connectivity index (χ1n) is 9.97. The number of halogens is 3. The van der Waals surface area contributed by atoms with Crippen LogP contribution in [-0.4, -0.2) is 14.8 Å². The molecule has 2 aliphatic heterocycles. The lowest BCUT2D eigenvalue weighted by molar-refractivity contribution is 0.222. The third-order valence-electron chi connectivity index (χ3n) is 5.73. The summed E-state index contributed by atoms with van der Waals surface area (Å²) in [6.45, 7) is 0. The Kier molecular flexibility index (Phi) is 4.45. The van der Waals surface area contributed by atoms with Crippen molar-refractivity contribution < 1.29 is 9.13 Å². The smallest absolute Gasteiger partial charge is 0.226 e. The van der Waals surface area contributed by atoms with Crippen LogP contribution in [0, 0.1) is 5.82 Å². The number of nitrogens with zero attached hydrogens (tertiary/aromatic N) is 3. The third kappa shape index (κ3) is 2.98. The molecule has 3 aromatic carbocycles. The summed E-state index contributed by atoms with van der Waals surface area (Å²) >= 11 is 12.6. The number of nitrogens with one attached hydrogen (secondary N) is 1. The number of fused-ring (bicyclic) bond motifs is 3. The maximum absolute atomic E-state index is 15.1. The van der Waals surface area contributed by atoms with E-state index in [1.807, 2.05) is 30.3 Å². The van der Waals surface area contributed by atoms with E-state index in [1.165, 1.54) is 12.4 Å². The van der Waals surface area contributed by atoms with Crippen molar-refractivity contribution in [1.29, 1.82) is 0 Å². The summed E-state index contributed by atoms with van der Waals surface area (Å²) in [4.78, 5) is 4.35. The van der Waals surface area contributed by atoms with Gasteiger partial charge in [-0.1, -0.05) is 53.5 Å². The largest absolute Gasteiger partial charge is 0.480 e. The Labute approximate surface area is 193 Å². The zero-order valence-corrected chi connectivity index (χ0v) is 18.0. The fourth-order valence-electron chi connectivity index (χ4n) is 4.38. The molecule has 158 valence electrons. The van der Waals surface area contributed by atoms with Gasteiger partial charge in [0, 0.05) is 26.7 Å². The first kappa shape index (κ1) is 19.3. The zero-order chi connectivity index (χ0) is 21.8. The first-order chi connectivity index (χ1) is 15.6. The molecule has 4 aromatic rings. The molecular formula is C24H15Cl2FN4O. The van der Waals surface area contributed by atoms with Gasteiger partial charge in [0.15, 0.2) is 0 Å². The Morgan fingerprint density at radius 2 is 1.81 bits per heavy atom. The van der Waals surface area contributed by atoms with Gasteiger partial charge in [0.25, 0.3) is 0 Å². The number of hydrogen-bond donors (Lipinski definition) is 1. The molecule has 0 bridgehead atoms. The van der Waals surface area contributed by atoms with Crippen molar-refractivity contribution in [3.8, 4) is 5.75 Å². The summed E-state index contributed by atoms with van der Waals surface area (Å²) in [7, 11) is 0. The Balaban J connectivity index is 1.67. The lowest BCUT2D eigenvalue weighted by atomic mass is 9.84. The molecule has 0 unspecified atom stereocenters. The maximum atomic E-state index is 15.1. The topological polar surface area (TPSA) is 52.0 Å². The summed E-state index contributed by atoms with van der Waals surface area (Å²) < 4.78 is 23.3. The lowest BCUT2D eigenvalue weighted by Crippen LogP contribution is -2.32. The van der Waals surface area contributed by atoms with Gasteiger partial charge in [-0.2, -0.15) is 10.1 Å². The molecule has 0 aliphatic carbocycles. The van der Waals surface area contributed by atoms with E-state index in [4.69, 9.17) is 27.9 Å². The van der Waals surface area contributed by atoms with Crippen molar-refractivity contribution in [3.05, 3.63) is 111 Å². The molecule has 0 radical (unpaired) electrons. The Morgan fingerprint density at radius 1 is 0.969 bits per heavy atom. The molecule has 6 rings (SSSR count). The highest BCUT2D eigenvalue weighted by Gasteiger charge is 2.41. The highest BCUT2D eigenvalue weighted by molar-refractivity contribution is 6.31. The predicted molar refractivity (Wildman–Crippen MR) is 121 cm³/mol. The summed E-state index contributed by atoms with van der Waals surface area (Å²) in [6, 6.07) is 19.0. The molecule has 2 aliphatic rings. The van der Waals surface area contributed by atoms with E-state index in [0.717, 1.165) is 22.4 Å². The Morgan fingerprint density at radius 3 is 2.66 bits per heavy atom. The summed E-state index contributed by atoms with van der Waals surface area (Å²) in [6.07, 6.45) is 0.912. The van der Waals surface area contributed by atoms with Crippen molar-refractivity contribution in [2.24, 2.45) is 0 Å². The van der Waals surface area contributed by atoms with Gasteiger partial charge in [-0.15, -0.1) is 0 Å². The van der Waals surface area contributed by atoms with E-state index in [9.17, 15) is 0 Å². The van der Waals surface area contributed by atoms with Gasteiger partial charge in [-0.3, -0.25) is 0 Å². The van der Waals surface area contributed by atoms with Crippen LogP contribution < -0.4 is 10.1 Å². The van der Waals surface area contributed by atoms with Crippen LogP contribution in [0.15, 0.2) is 78.6 Å². The number of aromatic nitrogens is 3. The normalized spacial score (nSPS) is 18.8. The van der Waals surface area contributed by atoms with Gasteiger partial charge in [-0.05, 0) is 42.0 Å². The van der Waals surface area contributed by atoms with Crippen LogP contribution in [0.5, 0.6) is 5.75 Å². The standard InChI is InChI=1S/C24H15Cl2FN4O/c25-14-5-3-4-13(10-14)23-20-21(17-11-15(26)8-9-19(17)32-23)30-24-28-12-29-31(24)22(20)16-6-1-2-7-18(16)27/h1-12,22-23H,(H,28,29,30)/t22-,23-/m1/s1. The molecule has 0 saturated heterocycles. The van der Waals surface area contributed by atoms with Crippen LogP contribution in [0.2, 0.25) is 10.0 Å². The Hall–Kier alpha value is -3.35. The molecule has 32 heavy (non-hydrogen) atoms. The van der Waals surface area contributed by atoms with Crippen LogP contribution >= 0.6 is 23.2 Å². The molecule has 0 fully saturated rings. The highest BCUT2D eigenvalue weighted by Crippen LogP contribution is 2.51. The minimum Gasteiger partial charge on any atom is -0.480 e. The number of ether oxygens (including phenoxy) is 1. The van der Waals surface area contributed by atoms with Gasteiger partial charge >= 0.3 is 0 Å². The monoisotopic (exact) mass is 464 g/mol. The SMILES string of the molecule is Fc1ccccc1[C@@H]1C2=C(Nc3ncnn31)c1cc(Cl)ccc1O[C@@H]2c1cccc(Cl)c1. The van der Waals surface area contributed by atoms with E-state index >= 15 is 4.39 Å². The second-order valence-electron chi connectivity index (χ2n) is 7.60. The number of hydrogen-bond acceptors (Lipinski definition) is 4. The van der Waals surface area contributed by atoms with Crippen LogP contribution in [0.4, 0.5) is 10.3 Å². The highest BCUT2D eigenvalue weighted by atomic mass is 35.5. The van der Waals surface area contributed by atoms with Crippen molar-refractivity contribution in [3.63, 3.8) is 0 Å². The van der Waals surface area contributed by atoms with Crippen LogP contribution in [0.3, 0.4) is 0 Å². The molecule has 0 amide bonds. The minimum absolute atomic E-state index is 0.338. The van der Waals surface area contributed by atoms with Crippen LogP contribution in [-0.2, 0) is 0 Å². The molecule has 0 spiro atoms. The molecular weight excluding hydrogens is 450 g/mol. The van der Waals surface area contributed by atoms with Gasteiger partial charge in [0.2, 0.25) is 5.95 Å². The van der Waals surface area contributed by atoms with E-state index in [0.29, 0.717) is 27.3 Å². The molecule has 1 N–H and O–H groups in total. The van der Waals surface area contributed by atoms with Crippen LogP contribution in [0.25, 0.3) is 5.70 Å². The van der Waals surface area contributed by atoms with Gasteiger partial charge in [0.1, 0.15) is 30.0 Å². The second-order valence-corrected chi connectivity index (χ2v) is 8.47. The van der Waals surface area contributed by atoms with Crippen LogP contribution in [0.1, 0.15) is 28.8 Å². The average Bonchev–Trinajstić information content (AvgIpc) is 3.26. The molecule has 3 heterocycles.